The van der Waals surface area contributed by atoms with Gasteiger partial charge >= 0.3 is 0 Å². The van der Waals surface area contributed by atoms with Crippen molar-refractivity contribution in [1.29, 1.82) is 0 Å². The highest BCUT2D eigenvalue weighted by Crippen LogP contribution is 2.44. The van der Waals surface area contributed by atoms with Gasteiger partial charge < -0.3 is 0 Å². The summed E-state index contributed by atoms with van der Waals surface area (Å²) >= 11 is 6.61. The van der Waals surface area contributed by atoms with Gasteiger partial charge in [-0.05, 0) is 67.1 Å². The molecule has 1 unspecified atom stereocenters. The molecule has 3 rings (SSSR count). The van der Waals surface area contributed by atoms with Gasteiger partial charge in [0.1, 0.15) is 5.78 Å². The van der Waals surface area contributed by atoms with Crippen molar-refractivity contribution in [2.75, 3.05) is 10.7 Å². The first-order chi connectivity index (χ1) is 11.6. The Morgan fingerprint density at radius 1 is 1.04 bits per heavy atom. The minimum absolute atomic E-state index is 0.193. The Hall–Kier alpha value is -0.480. The van der Waals surface area contributed by atoms with Crippen LogP contribution in [0.1, 0.15) is 77.9 Å². The molecule has 1 aromatic carbocycles. The molecule has 0 aliphatic heterocycles. The van der Waals surface area contributed by atoms with Crippen LogP contribution in [-0.2, 0) is 11.2 Å². The molecule has 1 saturated carbocycles. The lowest BCUT2D eigenvalue weighted by atomic mass is 9.75. The first kappa shape index (κ1) is 18.3. The Kier molecular flexibility index (Phi) is 5.97. The van der Waals surface area contributed by atoms with Crippen LogP contribution in [0.25, 0.3) is 0 Å². The number of carbonyl (C=O) groups excluding carboxylic acids is 2. The first-order valence-electron chi connectivity index (χ1n) is 8.90. The first-order valence-corrected chi connectivity index (χ1v) is 11.1. The van der Waals surface area contributed by atoms with Gasteiger partial charge in [-0.25, -0.2) is 0 Å². The molecule has 0 radical (unpaired) electrons. The van der Waals surface area contributed by atoms with E-state index in [9.17, 15) is 9.59 Å². The molecule has 2 aliphatic rings. The van der Waals surface area contributed by atoms with Crippen LogP contribution in [0, 0.1) is 5.92 Å². The predicted molar refractivity (Wildman–Crippen MR) is 105 cm³/mol. The van der Waals surface area contributed by atoms with E-state index in [0.717, 1.165) is 44.1 Å². The summed E-state index contributed by atoms with van der Waals surface area (Å²) in [7, 11) is 0. The Morgan fingerprint density at radius 2 is 1.75 bits per heavy atom. The number of ketones is 2. The van der Waals surface area contributed by atoms with E-state index in [0.29, 0.717) is 28.3 Å². The number of alkyl halides is 2. The average molecular weight is 456 g/mol. The fourth-order valence-electron chi connectivity index (χ4n) is 4.56. The normalized spacial score (nSPS) is 26.2. The molecule has 0 bridgehead atoms. The summed E-state index contributed by atoms with van der Waals surface area (Å²) in [5.74, 6) is 1.87. The predicted octanol–water partition coefficient (Wildman–Crippen LogP) is 5.55. The van der Waals surface area contributed by atoms with E-state index in [-0.39, 0.29) is 11.7 Å². The SMILES string of the molecule is CC1CCc2c(C(=O)CBr)ccc(C3CCC(C(=O)CBr)CC3)c21. The largest absolute Gasteiger partial charge is 0.298 e. The van der Waals surface area contributed by atoms with Crippen molar-refractivity contribution in [1.82, 2.24) is 0 Å². The van der Waals surface area contributed by atoms with E-state index in [4.69, 9.17) is 0 Å². The van der Waals surface area contributed by atoms with Gasteiger partial charge in [0.05, 0.1) is 10.7 Å². The van der Waals surface area contributed by atoms with E-state index < -0.39 is 0 Å². The molecule has 0 amide bonds. The highest BCUT2D eigenvalue weighted by atomic mass is 79.9. The number of fused-ring (bicyclic) bond motifs is 1. The molecule has 0 saturated heterocycles. The van der Waals surface area contributed by atoms with Crippen molar-refractivity contribution >= 4 is 43.4 Å². The van der Waals surface area contributed by atoms with E-state index in [1.807, 2.05) is 6.07 Å². The van der Waals surface area contributed by atoms with Crippen molar-refractivity contribution in [3.63, 3.8) is 0 Å². The summed E-state index contributed by atoms with van der Waals surface area (Å²) < 4.78 is 0. The van der Waals surface area contributed by atoms with Crippen molar-refractivity contribution in [3.05, 3.63) is 34.4 Å². The van der Waals surface area contributed by atoms with Crippen molar-refractivity contribution < 1.29 is 9.59 Å². The summed E-state index contributed by atoms with van der Waals surface area (Å²) in [5, 5.41) is 0.880. The Morgan fingerprint density at radius 3 is 2.38 bits per heavy atom. The number of hydrogen-bond acceptors (Lipinski definition) is 2. The third kappa shape index (κ3) is 3.41. The molecule has 1 aromatic rings. The minimum atomic E-state index is 0.193. The van der Waals surface area contributed by atoms with Crippen LogP contribution < -0.4 is 0 Å². The maximum absolute atomic E-state index is 12.2. The van der Waals surface area contributed by atoms with Crippen molar-refractivity contribution in [3.8, 4) is 0 Å². The Labute approximate surface area is 161 Å². The van der Waals surface area contributed by atoms with Gasteiger partial charge in [0.2, 0.25) is 0 Å². The molecule has 2 nitrogen and oxygen atoms in total. The molecular weight excluding hydrogens is 432 g/mol. The minimum Gasteiger partial charge on any atom is -0.298 e. The lowest BCUT2D eigenvalue weighted by Crippen LogP contribution is -2.22. The molecule has 24 heavy (non-hydrogen) atoms. The summed E-state index contributed by atoms with van der Waals surface area (Å²) in [5.41, 5.74) is 5.10. The van der Waals surface area contributed by atoms with Gasteiger partial charge in [-0.2, -0.15) is 0 Å². The number of benzene rings is 1. The summed E-state index contributed by atoms with van der Waals surface area (Å²) in [6, 6.07) is 4.25. The third-order valence-electron chi connectivity index (χ3n) is 5.89. The zero-order chi connectivity index (χ0) is 17.3. The average Bonchev–Trinajstić information content (AvgIpc) is 3.02. The molecule has 0 aromatic heterocycles. The maximum Gasteiger partial charge on any atom is 0.173 e. The topological polar surface area (TPSA) is 34.1 Å². The number of carbonyl (C=O) groups is 2. The quantitative estimate of drug-likeness (QED) is 0.430. The molecule has 1 atom stereocenters. The van der Waals surface area contributed by atoms with Gasteiger partial charge in [0.25, 0.3) is 0 Å². The molecular formula is C20H24Br2O2. The van der Waals surface area contributed by atoms with Crippen LogP contribution in [-0.4, -0.2) is 22.2 Å². The van der Waals surface area contributed by atoms with E-state index >= 15 is 0 Å². The molecule has 2 aliphatic carbocycles. The van der Waals surface area contributed by atoms with Crippen molar-refractivity contribution in [2.24, 2.45) is 5.92 Å². The number of halogens is 2. The number of rotatable bonds is 5. The molecule has 4 heteroatoms. The smallest absolute Gasteiger partial charge is 0.173 e. The van der Waals surface area contributed by atoms with Gasteiger partial charge in [-0.3, -0.25) is 9.59 Å². The summed E-state index contributed by atoms with van der Waals surface area (Å²) in [6.07, 6.45) is 6.35. The van der Waals surface area contributed by atoms with Crippen LogP contribution >= 0.6 is 31.9 Å². The lowest BCUT2D eigenvalue weighted by Gasteiger charge is -2.30. The maximum atomic E-state index is 12.2. The van der Waals surface area contributed by atoms with Crippen LogP contribution in [0.4, 0.5) is 0 Å². The van der Waals surface area contributed by atoms with Crippen molar-refractivity contribution in [2.45, 2.75) is 57.3 Å². The van der Waals surface area contributed by atoms with E-state index in [2.05, 4.69) is 44.8 Å². The fourth-order valence-corrected chi connectivity index (χ4v) is 5.32. The molecule has 0 spiro atoms. The Balaban J connectivity index is 1.87. The van der Waals surface area contributed by atoms with E-state index in [1.165, 1.54) is 16.7 Å². The standard InChI is InChI=1S/C20H24Br2O2/c1-12-2-7-17-16(19(24)11-22)9-8-15(20(12)17)13-3-5-14(6-4-13)18(23)10-21/h8-9,12-14H,2-7,10-11H2,1H3. The van der Waals surface area contributed by atoms with Gasteiger partial charge in [0, 0.05) is 11.5 Å². The van der Waals surface area contributed by atoms with Gasteiger partial charge in [0.15, 0.2) is 5.78 Å². The van der Waals surface area contributed by atoms with Crippen LogP contribution in [0.3, 0.4) is 0 Å². The molecule has 1 fully saturated rings. The molecule has 130 valence electrons. The monoisotopic (exact) mass is 454 g/mol. The second-order valence-electron chi connectivity index (χ2n) is 7.24. The Bertz CT molecular complexity index is 645. The third-order valence-corrected chi connectivity index (χ3v) is 6.95. The van der Waals surface area contributed by atoms with Gasteiger partial charge in [-0.15, -0.1) is 0 Å². The van der Waals surface area contributed by atoms with Crippen LogP contribution in [0.5, 0.6) is 0 Å². The summed E-state index contributed by atoms with van der Waals surface area (Å²) in [6.45, 7) is 2.29. The fraction of sp³-hybridized carbons (Fsp3) is 0.600. The van der Waals surface area contributed by atoms with Crippen LogP contribution in [0.15, 0.2) is 12.1 Å². The second-order valence-corrected chi connectivity index (χ2v) is 8.36. The second kappa shape index (κ2) is 7.82. The highest BCUT2D eigenvalue weighted by Gasteiger charge is 2.32. The number of Topliss-reactive ketones (excluding diaryl/α,β-unsaturated/α-hetero) is 2. The number of hydrogen-bond donors (Lipinski definition) is 0. The zero-order valence-electron chi connectivity index (χ0n) is 14.1. The van der Waals surface area contributed by atoms with E-state index in [1.54, 1.807) is 0 Å². The highest BCUT2D eigenvalue weighted by molar-refractivity contribution is 9.09. The molecule has 0 N–H and O–H groups in total. The summed E-state index contributed by atoms with van der Waals surface area (Å²) in [4.78, 5) is 24.1. The van der Waals surface area contributed by atoms with Crippen LogP contribution in [0.2, 0.25) is 0 Å². The lowest BCUT2D eigenvalue weighted by molar-refractivity contribution is -0.121. The molecule has 0 heterocycles. The zero-order valence-corrected chi connectivity index (χ0v) is 17.3. The van der Waals surface area contributed by atoms with Gasteiger partial charge in [-0.1, -0.05) is 50.9 Å².